The van der Waals surface area contributed by atoms with Gasteiger partial charge in [-0.2, -0.15) is 0 Å². The summed E-state index contributed by atoms with van der Waals surface area (Å²) in [6.07, 6.45) is 0. The smallest absolute Gasteiger partial charge is 0.328 e. The molecule has 0 bridgehead atoms. The van der Waals surface area contributed by atoms with Crippen molar-refractivity contribution in [3.8, 4) is 5.75 Å². The number of hydrogen-bond acceptors (Lipinski definition) is 8. The van der Waals surface area contributed by atoms with E-state index >= 15 is 4.39 Å². The van der Waals surface area contributed by atoms with Gasteiger partial charge in [0.1, 0.15) is 11.3 Å². The molecule has 2 aromatic carbocycles. The van der Waals surface area contributed by atoms with Crippen LogP contribution in [0.2, 0.25) is 0 Å². The third kappa shape index (κ3) is 3.98. The van der Waals surface area contributed by atoms with Crippen molar-refractivity contribution in [1.29, 1.82) is 0 Å². The van der Waals surface area contributed by atoms with Crippen LogP contribution in [-0.4, -0.2) is 59.9 Å². The number of amides is 5. The highest BCUT2D eigenvalue weighted by Crippen LogP contribution is 2.39. The molecule has 42 heavy (non-hydrogen) atoms. The highest BCUT2D eigenvalue weighted by Gasteiger charge is 2.57. The normalized spacial score (nSPS) is 19.7. The van der Waals surface area contributed by atoms with Gasteiger partial charge in [-0.05, 0) is 50.1 Å². The van der Waals surface area contributed by atoms with Crippen LogP contribution < -0.4 is 15.4 Å². The van der Waals surface area contributed by atoms with E-state index in [-0.39, 0.29) is 35.1 Å². The van der Waals surface area contributed by atoms with E-state index in [0.29, 0.717) is 28.0 Å². The zero-order valence-electron chi connectivity index (χ0n) is 23.3. The van der Waals surface area contributed by atoms with Crippen LogP contribution in [0.1, 0.15) is 58.4 Å². The van der Waals surface area contributed by atoms with E-state index in [2.05, 4.69) is 10.6 Å². The molecule has 2 N–H and O–H groups in total. The van der Waals surface area contributed by atoms with Gasteiger partial charge in [-0.15, -0.1) is 0 Å². The third-order valence-corrected chi connectivity index (χ3v) is 7.69. The number of ether oxygens (including phenoxy) is 2. The minimum absolute atomic E-state index is 0.0459. The molecule has 5 amide bonds. The zero-order chi connectivity index (χ0) is 30.1. The Kier molecular flexibility index (Phi) is 6.03. The molecule has 12 nitrogen and oxygen atoms in total. The average molecular weight is 579 g/mol. The fourth-order valence-electron chi connectivity index (χ4n) is 5.45. The Morgan fingerprint density at radius 3 is 2.55 bits per heavy atom. The number of esters is 1. The number of urea groups is 1. The number of rotatable bonds is 6. The molecule has 13 heteroatoms. The minimum Gasteiger partial charge on any atom is -0.494 e. The molecule has 3 aliphatic rings. The summed E-state index contributed by atoms with van der Waals surface area (Å²) in [6.45, 7) is 4.02. The molecule has 1 saturated heterocycles. The first kappa shape index (κ1) is 27.2. The summed E-state index contributed by atoms with van der Waals surface area (Å²) in [5.41, 5.74) is -1.30. The summed E-state index contributed by atoms with van der Waals surface area (Å²) < 4.78 is 31.4. The van der Waals surface area contributed by atoms with Gasteiger partial charge in [0.05, 0.1) is 30.2 Å². The second kappa shape index (κ2) is 9.29. The van der Waals surface area contributed by atoms with Gasteiger partial charge >= 0.3 is 12.0 Å². The Labute approximate surface area is 238 Å². The predicted octanol–water partition coefficient (Wildman–Crippen LogP) is 2.77. The minimum atomic E-state index is -1.98. The summed E-state index contributed by atoms with van der Waals surface area (Å²) in [5, 5.41) is 5.80. The molecular formula is C29H27FN4O8. The molecular weight excluding hydrogens is 551 g/mol. The van der Waals surface area contributed by atoms with Gasteiger partial charge < -0.3 is 29.4 Å². The summed E-state index contributed by atoms with van der Waals surface area (Å²) in [6, 6.07) is 6.92. The lowest BCUT2D eigenvalue weighted by atomic mass is 9.94. The first-order valence-corrected chi connectivity index (χ1v) is 13.2. The number of hydrogen-bond donors (Lipinski definition) is 2. The number of benzene rings is 2. The molecule has 3 aliphatic heterocycles. The Morgan fingerprint density at radius 2 is 1.83 bits per heavy atom. The zero-order valence-corrected chi connectivity index (χ0v) is 23.3. The molecule has 218 valence electrons. The summed E-state index contributed by atoms with van der Waals surface area (Å²) in [4.78, 5) is 67.7. The number of halogens is 1. The van der Waals surface area contributed by atoms with Crippen molar-refractivity contribution < 1.29 is 42.3 Å². The highest BCUT2D eigenvalue weighted by molar-refractivity contribution is 6.11. The maximum atomic E-state index is 15.1. The van der Waals surface area contributed by atoms with Crippen molar-refractivity contribution in [2.45, 2.75) is 39.4 Å². The van der Waals surface area contributed by atoms with Crippen LogP contribution in [0.3, 0.4) is 0 Å². The van der Waals surface area contributed by atoms with E-state index in [1.807, 2.05) is 0 Å². The molecule has 0 saturated carbocycles. The number of nitrogens with one attached hydrogen (secondary N) is 2. The number of carbonyl (C=O) groups is 5. The summed E-state index contributed by atoms with van der Waals surface area (Å²) in [7, 11) is 1.28. The Balaban J connectivity index is 1.42. The van der Waals surface area contributed by atoms with Crippen molar-refractivity contribution in [1.82, 2.24) is 20.4 Å². The molecule has 0 spiro atoms. The van der Waals surface area contributed by atoms with Crippen LogP contribution in [-0.2, 0) is 33.0 Å². The SMILES string of the molecule is COc1ccc2c(c1F)C(=O)N(C[C@@]1(c3cc4c5c(ccc4o3)CNC5=O)NC(=O)N(COC(=O)C(C)(C)C)C1=O)C2. The maximum Gasteiger partial charge on any atom is 0.328 e. The summed E-state index contributed by atoms with van der Waals surface area (Å²) >= 11 is 0. The van der Waals surface area contributed by atoms with E-state index in [1.165, 1.54) is 24.1 Å². The van der Waals surface area contributed by atoms with Gasteiger partial charge in [0.15, 0.2) is 23.8 Å². The van der Waals surface area contributed by atoms with E-state index in [0.717, 1.165) is 5.56 Å². The lowest BCUT2D eigenvalue weighted by molar-refractivity contribution is -0.158. The van der Waals surface area contributed by atoms with Crippen molar-refractivity contribution in [3.63, 3.8) is 0 Å². The second-order valence-corrected chi connectivity index (χ2v) is 11.5. The predicted molar refractivity (Wildman–Crippen MR) is 143 cm³/mol. The van der Waals surface area contributed by atoms with Gasteiger partial charge in [-0.25, -0.2) is 14.1 Å². The van der Waals surface area contributed by atoms with Gasteiger partial charge in [0.25, 0.3) is 17.7 Å². The number of imide groups is 1. The molecule has 1 atom stereocenters. The van der Waals surface area contributed by atoms with Crippen LogP contribution in [0.5, 0.6) is 5.75 Å². The quantitative estimate of drug-likeness (QED) is 0.335. The molecule has 4 heterocycles. The van der Waals surface area contributed by atoms with Gasteiger partial charge in [-0.3, -0.25) is 19.2 Å². The van der Waals surface area contributed by atoms with E-state index in [4.69, 9.17) is 13.9 Å². The number of nitrogens with zero attached hydrogens (tertiary/aromatic N) is 2. The fraction of sp³-hybridized carbons (Fsp3) is 0.345. The number of methoxy groups -OCH3 is 1. The van der Waals surface area contributed by atoms with Crippen molar-refractivity contribution in [2.75, 3.05) is 20.4 Å². The van der Waals surface area contributed by atoms with Crippen LogP contribution >= 0.6 is 0 Å². The van der Waals surface area contributed by atoms with Crippen LogP contribution in [0.25, 0.3) is 11.0 Å². The standard InChI is InChI=1S/C29H27FN4O8/c1-28(2,3)26(38)41-13-34-25(37)29(32-27(34)39,12-33-11-15-6-8-18(40-4)22(30)21(15)24(33)36)19-9-16-17(42-19)7-5-14-10-31-23(35)20(14)16/h5-9H,10-13H2,1-4H3,(H,31,35)(H,32,39)/t29-/m0/s1. The average Bonchev–Trinajstić information content (AvgIpc) is 3.67. The van der Waals surface area contributed by atoms with Gasteiger partial charge in [0, 0.05) is 18.5 Å². The van der Waals surface area contributed by atoms with Crippen molar-refractivity contribution >= 4 is 40.7 Å². The highest BCUT2D eigenvalue weighted by atomic mass is 19.1. The molecule has 3 aromatic rings. The fourth-order valence-corrected chi connectivity index (χ4v) is 5.45. The molecule has 0 aliphatic carbocycles. The lowest BCUT2D eigenvalue weighted by Gasteiger charge is -2.29. The Hall–Kier alpha value is -4.94. The van der Waals surface area contributed by atoms with E-state index in [1.54, 1.807) is 39.0 Å². The lowest BCUT2D eigenvalue weighted by Crippen LogP contribution is -2.52. The topological polar surface area (TPSA) is 147 Å². The molecule has 1 fully saturated rings. The first-order valence-electron chi connectivity index (χ1n) is 13.2. The van der Waals surface area contributed by atoms with Gasteiger partial charge in [-0.1, -0.05) is 12.1 Å². The van der Waals surface area contributed by atoms with Crippen molar-refractivity contribution in [3.05, 3.63) is 64.2 Å². The molecule has 0 unspecified atom stereocenters. The third-order valence-electron chi connectivity index (χ3n) is 7.69. The second-order valence-electron chi connectivity index (χ2n) is 11.5. The maximum absolute atomic E-state index is 15.1. The number of furan rings is 1. The van der Waals surface area contributed by atoms with E-state index < -0.39 is 53.9 Å². The Morgan fingerprint density at radius 1 is 1.10 bits per heavy atom. The Bertz CT molecular complexity index is 1720. The summed E-state index contributed by atoms with van der Waals surface area (Å²) in [5.74, 6) is -3.51. The largest absolute Gasteiger partial charge is 0.494 e. The van der Waals surface area contributed by atoms with Crippen LogP contribution in [0.4, 0.5) is 9.18 Å². The monoisotopic (exact) mass is 578 g/mol. The molecule has 1 aromatic heterocycles. The van der Waals surface area contributed by atoms with Crippen LogP contribution in [0.15, 0.2) is 34.7 Å². The van der Waals surface area contributed by atoms with Gasteiger partial charge in [0.2, 0.25) is 0 Å². The number of fused-ring (bicyclic) bond motifs is 4. The molecule has 0 radical (unpaired) electrons. The van der Waals surface area contributed by atoms with Crippen LogP contribution in [0, 0.1) is 11.2 Å². The number of carbonyl (C=O) groups excluding carboxylic acids is 5. The van der Waals surface area contributed by atoms with E-state index in [9.17, 15) is 24.0 Å². The van der Waals surface area contributed by atoms with Crippen molar-refractivity contribution in [2.24, 2.45) is 5.41 Å². The molecule has 6 rings (SSSR count). The first-order chi connectivity index (χ1) is 19.9.